The molecule has 0 spiro atoms. The van der Waals surface area contributed by atoms with E-state index in [0.29, 0.717) is 5.67 Å². The number of nitrogens with two attached hydrogens (primary N) is 1. The SMILES string of the molecule is CC(C)(C)C(N)[Si](C)(C)C. The summed E-state index contributed by atoms with van der Waals surface area (Å²) in [4.78, 5) is 0. The van der Waals surface area contributed by atoms with Crippen molar-refractivity contribution in [2.45, 2.75) is 46.1 Å². The summed E-state index contributed by atoms with van der Waals surface area (Å²) >= 11 is 0. The second kappa shape index (κ2) is 2.66. The Labute approximate surface area is 66.0 Å². The van der Waals surface area contributed by atoms with Gasteiger partial charge in [-0.05, 0) is 5.41 Å². The zero-order valence-corrected chi connectivity index (χ0v) is 9.15. The van der Waals surface area contributed by atoms with Crippen molar-refractivity contribution in [2.75, 3.05) is 0 Å². The molecule has 0 aliphatic rings. The maximum Gasteiger partial charge on any atom is 0.0638 e. The third-order valence-corrected chi connectivity index (χ3v) is 4.60. The van der Waals surface area contributed by atoms with E-state index >= 15 is 0 Å². The van der Waals surface area contributed by atoms with Crippen molar-refractivity contribution in [1.29, 1.82) is 0 Å². The van der Waals surface area contributed by atoms with E-state index in [-0.39, 0.29) is 5.41 Å². The minimum absolute atomic E-state index is 0.282. The van der Waals surface area contributed by atoms with Crippen LogP contribution in [0.2, 0.25) is 19.6 Å². The highest BCUT2D eigenvalue weighted by Crippen LogP contribution is 2.24. The van der Waals surface area contributed by atoms with Gasteiger partial charge in [0.2, 0.25) is 0 Å². The lowest BCUT2D eigenvalue weighted by Crippen LogP contribution is -2.53. The molecule has 0 saturated carbocycles. The summed E-state index contributed by atoms with van der Waals surface area (Å²) in [5, 5.41) is 0. The molecule has 0 aliphatic carbocycles. The van der Waals surface area contributed by atoms with Gasteiger partial charge in [0.15, 0.2) is 0 Å². The first kappa shape index (κ1) is 10.2. The Balaban J connectivity index is 4.23. The smallest absolute Gasteiger partial charge is 0.0638 e. The van der Waals surface area contributed by atoms with Gasteiger partial charge in [0.05, 0.1) is 8.07 Å². The average molecular weight is 159 g/mol. The third kappa shape index (κ3) is 2.84. The van der Waals surface area contributed by atoms with Gasteiger partial charge in [0, 0.05) is 5.67 Å². The molecule has 0 aliphatic heterocycles. The summed E-state index contributed by atoms with van der Waals surface area (Å²) in [5.41, 5.74) is 6.77. The fourth-order valence-electron chi connectivity index (χ4n) is 1.30. The Kier molecular flexibility index (Phi) is 2.71. The summed E-state index contributed by atoms with van der Waals surface area (Å²) in [6.07, 6.45) is 0. The zero-order valence-electron chi connectivity index (χ0n) is 8.15. The predicted octanol–water partition coefficient (Wildman–Crippen LogP) is 2.24. The predicted molar refractivity (Wildman–Crippen MR) is 50.8 cm³/mol. The Morgan fingerprint density at radius 1 is 1.10 bits per heavy atom. The van der Waals surface area contributed by atoms with Crippen molar-refractivity contribution in [3.05, 3.63) is 0 Å². The second-order valence-corrected chi connectivity index (χ2v) is 10.6. The van der Waals surface area contributed by atoms with Gasteiger partial charge in [-0.25, -0.2) is 0 Å². The van der Waals surface area contributed by atoms with Crippen LogP contribution in [-0.4, -0.2) is 13.7 Å². The molecule has 10 heavy (non-hydrogen) atoms. The fourth-order valence-corrected chi connectivity index (χ4v) is 3.90. The van der Waals surface area contributed by atoms with E-state index in [4.69, 9.17) is 5.73 Å². The van der Waals surface area contributed by atoms with Crippen LogP contribution in [-0.2, 0) is 0 Å². The van der Waals surface area contributed by atoms with Gasteiger partial charge in [-0.15, -0.1) is 0 Å². The molecule has 1 atom stereocenters. The Bertz CT molecular complexity index is 93.4. The van der Waals surface area contributed by atoms with Crippen LogP contribution in [0.5, 0.6) is 0 Å². The van der Waals surface area contributed by atoms with Crippen LogP contribution in [0.1, 0.15) is 20.8 Å². The molecule has 62 valence electrons. The Morgan fingerprint density at radius 2 is 1.40 bits per heavy atom. The second-order valence-electron chi connectivity index (χ2n) is 5.21. The van der Waals surface area contributed by atoms with Crippen LogP contribution in [0.25, 0.3) is 0 Å². The van der Waals surface area contributed by atoms with Crippen molar-refractivity contribution >= 4 is 8.07 Å². The van der Waals surface area contributed by atoms with Crippen LogP contribution in [0.15, 0.2) is 0 Å². The first-order valence-corrected chi connectivity index (χ1v) is 7.49. The van der Waals surface area contributed by atoms with Crippen LogP contribution in [0.3, 0.4) is 0 Å². The van der Waals surface area contributed by atoms with E-state index < -0.39 is 8.07 Å². The summed E-state index contributed by atoms with van der Waals surface area (Å²) in [6.45, 7) is 13.6. The molecule has 1 unspecified atom stereocenters. The highest BCUT2D eigenvalue weighted by atomic mass is 28.3. The third-order valence-electron chi connectivity index (χ3n) is 1.87. The van der Waals surface area contributed by atoms with E-state index in [0.717, 1.165) is 0 Å². The lowest BCUT2D eigenvalue weighted by molar-refractivity contribution is 0.384. The molecule has 0 amide bonds. The van der Waals surface area contributed by atoms with Gasteiger partial charge >= 0.3 is 0 Å². The Morgan fingerprint density at radius 3 is 1.40 bits per heavy atom. The van der Waals surface area contributed by atoms with Gasteiger partial charge in [-0.3, -0.25) is 0 Å². The first-order valence-electron chi connectivity index (χ1n) is 3.91. The van der Waals surface area contributed by atoms with Crippen molar-refractivity contribution in [2.24, 2.45) is 11.1 Å². The Hall–Kier alpha value is 0.177. The molecule has 0 aromatic carbocycles. The molecule has 0 saturated heterocycles. The molecular weight excluding hydrogens is 138 g/mol. The van der Waals surface area contributed by atoms with Gasteiger partial charge in [-0.2, -0.15) is 0 Å². The standard InChI is InChI=1S/C8H21NSi/c1-8(2,3)7(9)10(4,5)6/h7H,9H2,1-6H3. The molecule has 2 N–H and O–H groups in total. The normalized spacial score (nSPS) is 17.1. The van der Waals surface area contributed by atoms with Gasteiger partial charge in [0.25, 0.3) is 0 Å². The number of hydrogen-bond donors (Lipinski definition) is 1. The zero-order chi connectivity index (χ0) is 8.58. The quantitative estimate of drug-likeness (QED) is 0.583. The lowest BCUT2D eigenvalue weighted by atomic mass is 9.97. The average Bonchev–Trinajstić information content (AvgIpc) is 1.59. The van der Waals surface area contributed by atoms with Crippen LogP contribution >= 0.6 is 0 Å². The molecule has 0 rings (SSSR count). The molecule has 1 nitrogen and oxygen atoms in total. The molecule has 0 heterocycles. The highest BCUT2D eigenvalue weighted by Gasteiger charge is 2.32. The molecular formula is C8H21NSi. The molecule has 0 aromatic heterocycles. The van der Waals surface area contributed by atoms with Gasteiger partial charge < -0.3 is 5.73 Å². The maximum atomic E-state index is 6.09. The molecule has 0 aromatic rings. The highest BCUT2D eigenvalue weighted by molar-refractivity contribution is 6.77. The summed E-state index contributed by atoms with van der Waals surface area (Å²) in [7, 11) is -1.12. The van der Waals surface area contributed by atoms with E-state index in [1.807, 2.05) is 0 Å². The topological polar surface area (TPSA) is 26.0 Å². The first-order chi connectivity index (χ1) is 4.15. The van der Waals surface area contributed by atoms with Crippen LogP contribution < -0.4 is 5.73 Å². The summed E-state index contributed by atoms with van der Waals surface area (Å²) < 4.78 is 0. The van der Waals surface area contributed by atoms with Crippen LogP contribution in [0, 0.1) is 5.41 Å². The molecule has 2 heteroatoms. The van der Waals surface area contributed by atoms with Gasteiger partial charge in [0.1, 0.15) is 0 Å². The molecule has 0 fully saturated rings. The van der Waals surface area contributed by atoms with Crippen molar-refractivity contribution in [1.82, 2.24) is 0 Å². The molecule has 0 bridgehead atoms. The summed E-state index contributed by atoms with van der Waals surface area (Å²) in [6, 6.07) is 0. The maximum absolute atomic E-state index is 6.09. The van der Waals surface area contributed by atoms with E-state index in [2.05, 4.69) is 40.4 Å². The number of rotatable bonds is 1. The van der Waals surface area contributed by atoms with E-state index in [9.17, 15) is 0 Å². The van der Waals surface area contributed by atoms with E-state index in [1.54, 1.807) is 0 Å². The lowest BCUT2D eigenvalue weighted by Gasteiger charge is -2.36. The van der Waals surface area contributed by atoms with E-state index in [1.165, 1.54) is 0 Å². The summed E-state index contributed by atoms with van der Waals surface area (Å²) in [5.74, 6) is 0. The minimum Gasteiger partial charge on any atom is -0.330 e. The number of hydrogen-bond acceptors (Lipinski definition) is 1. The van der Waals surface area contributed by atoms with Crippen molar-refractivity contribution in [3.8, 4) is 0 Å². The molecule has 0 radical (unpaired) electrons. The van der Waals surface area contributed by atoms with Gasteiger partial charge in [-0.1, -0.05) is 40.4 Å². The van der Waals surface area contributed by atoms with Crippen molar-refractivity contribution in [3.63, 3.8) is 0 Å². The minimum atomic E-state index is -1.12. The fraction of sp³-hybridized carbons (Fsp3) is 1.00. The largest absolute Gasteiger partial charge is 0.330 e. The van der Waals surface area contributed by atoms with Crippen molar-refractivity contribution < 1.29 is 0 Å². The monoisotopic (exact) mass is 159 g/mol. The van der Waals surface area contributed by atoms with Crippen LogP contribution in [0.4, 0.5) is 0 Å².